The van der Waals surface area contributed by atoms with Crippen LogP contribution in [0.3, 0.4) is 0 Å². The summed E-state index contributed by atoms with van der Waals surface area (Å²) in [4.78, 5) is 6.05. The Morgan fingerprint density at radius 2 is 2.10 bits per heavy atom. The van der Waals surface area contributed by atoms with Crippen molar-refractivity contribution in [1.29, 1.82) is 5.26 Å². The summed E-state index contributed by atoms with van der Waals surface area (Å²) >= 11 is 1.20. The second kappa shape index (κ2) is 6.18. The number of sulfonamides is 1. The van der Waals surface area contributed by atoms with Gasteiger partial charge in [0.05, 0.1) is 23.3 Å². The van der Waals surface area contributed by atoms with Gasteiger partial charge in [-0.3, -0.25) is 4.90 Å². The molecule has 0 aromatic carbocycles. The summed E-state index contributed by atoms with van der Waals surface area (Å²) in [6.07, 6.45) is 2.18. The van der Waals surface area contributed by atoms with Crippen LogP contribution in [0.4, 0.5) is 0 Å². The summed E-state index contributed by atoms with van der Waals surface area (Å²) in [6.45, 7) is 5.82. The molecule has 0 bridgehead atoms. The van der Waals surface area contributed by atoms with E-state index in [2.05, 4.69) is 11.1 Å². The van der Waals surface area contributed by atoms with Crippen molar-refractivity contribution in [3.05, 3.63) is 11.2 Å². The normalized spacial score (nSPS) is 19.6. The fourth-order valence-corrected chi connectivity index (χ4v) is 4.96. The standard InChI is InChI=1S/C12H18N4O2S2/c1-3-11(8-13)15-4-6-16(7-5-15)20(17,18)12-9-14-10(2)19-12/h9,11H,3-7H2,1-2H3. The van der Waals surface area contributed by atoms with Crippen LogP contribution in [0.5, 0.6) is 0 Å². The highest BCUT2D eigenvalue weighted by Crippen LogP contribution is 2.23. The van der Waals surface area contributed by atoms with Crippen molar-refractivity contribution in [2.24, 2.45) is 0 Å². The van der Waals surface area contributed by atoms with Crippen molar-refractivity contribution in [3.63, 3.8) is 0 Å². The van der Waals surface area contributed by atoms with E-state index >= 15 is 0 Å². The molecule has 1 aromatic rings. The van der Waals surface area contributed by atoms with Crippen LogP contribution in [0.15, 0.2) is 10.4 Å². The van der Waals surface area contributed by atoms with Gasteiger partial charge in [0.2, 0.25) is 0 Å². The van der Waals surface area contributed by atoms with Crippen LogP contribution in [0, 0.1) is 18.3 Å². The van der Waals surface area contributed by atoms with Gasteiger partial charge in [-0.15, -0.1) is 11.3 Å². The zero-order valence-electron chi connectivity index (χ0n) is 11.6. The Labute approximate surface area is 123 Å². The Kier molecular flexibility index (Phi) is 4.75. The molecule has 0 spiro atoms. The molecule has 1 aliphatic rings. The lowest BCUT2D eigenvalue weighted by Gasteiger charge is -2.35. The highest BCUT2D eigenvalue weighted by molar-refractivity contribution is 7.91. The van der Waals surface area contributed by atoms with Gasteiger partial charge in [-0.2, -0.15) is 9.57 Å². The van der Waals surface area contributed by atoms with Crippen molar-refractivity contribution in [1.82, 2.24) is 14.2 Å². The van der Waals surface area contributed by atoms with Crippen molar-refractivity contribution in [2.75, 3.05) is 26.2 Å². The second-order valence-electron chi connectivity index (χ2n) is 4.69. The molecule has 2 rings (SSSR count). The average molecular weight is 314 g/mol. The van der Waals surface area contributed by atoms with Crippen LogP contribution in [-0.4, -0.2) is 54.8 Å². The molecule has 2 heterocycles. The third-order valence-electron chi connectivity index (χ3n) is 3.44. The van der Waals surface area contributed by atoms with Gasteiger partial charge < -0.3 is 0 Å². The molecule has 1 aromatic heterocycles. The Bertz CT molecular complexity index is 597. The molecule has 0 aliphatic carbocycles. The monoisotopic (exact) mass is 314 g/mol. The number of thiazole rings is 1. The van der Waals surface area contributed by atoms with E-state index in [0.717, 1.165) is 11.4 Å². The summed E-state index contributed by atoms with van der Waals surface area (Å²) in [7, 11) is -3.42. The van der Waals surface area contributed by atoms with Gasteiger partial charge >= 0.3 is 0 Å². The van der Waals surface area contributed by atoms with E-state index < -0.39 is 10.0 Å². The number of hydrogen-bond acceptors (Lipinski definition) is 6. The number of nitrogens with zero attached hydrogens (tertiary/aromatic N) is 4. The van der Waals surface area contributed by atoms with E-state index in [4.69, 9.17) is 5.26 Å². The lowest BCUT2D eigenvalue weighted by Crippen LogP contribution is -2.51. The van der Waals surface area contributed by atoms with Crippen LogP contribution < -0.4 is 0 Å². The predicted octanol–water partition coefficient (Wildman–Crippen LogP) is 1.06. The smallest absolute Gasteiger partial charge is 0.254 e. The van der Waals surface area contributed by atoms with E-state index in [1.807, 2.05) is 11.8 Å². The highest BCUT2D eigenvalue weighted by Gasteiger charge is 2.31. The molecule has 0 radical (unpaired) electrons. The largest absolute Gasteiger partial charge is 0.285 e. The quantitative estimate of drug-likeness (QED) is 0.830. The van der Waals surface area contributed by atoms with Crippen LogP contribution in [0.25, 0.3) is 0 Å². The minimum atomic E-state index is -3.42. The number of nitriles is 1. The molecular formula is C12H18N4O2S2. The van der Waals surface area contributed by atoms with Crippen molar-refractivity contribution in [2.45, 2.75) is 30.5 Å². The Morgan fingerprint density at radius 3 is 2.55 bits per heavy atom. The van der Waals surface area contributed by atoms with Crippen molar-refractivity contribution < 1.29 is 8.42 Å². The van der Waals surface area contributed by atoms with Gasteiger partial charge in [-0.1, -0.05) is 6.92 Å². The molecule has 6 nitrogen and oxygen atoms in total. The van der Waals surface area contributed by atoms with Crippen LogP contribution >= 0.6 is 11.3 Å². The molecule has 1 saturated heterocycles. The zero-order chi connectivity index (χ0) is 14.8. The van der Waals surface area contributed by atoms with Crippen LogP contribution in [0.1, 0.15) is 18.4 Å². The first-order valence-electron chi connectivity index (χ1n) is 6.55. The average Bonchev–Trinajstić information content (AvgIpc) is 2.88. The van der Waals surface area contributed by atoms with Crippen molar-refractivity contribution >= 4 is 21.4 Å². The first kappa shape index (κ1) is 15.4. The molecule has 0 amide bonds. The maximum atomic E-state index is 12.4. The van der Waals surface area contributed by atoms with Crippen LogP contribution in [-0.2, 0) is 10.0 Å². The Balaban J connectivity index is 2.06. The molecule has 1 atom stereocenters. The second-order valence-corrected chi connectivity index (χ2v) is 8.09. The number of rotatable bonds is 4. The molecule has 8 heteroatoms. The molecule has 0 saturated carbocycles. The maximum absolute atomic E-state index is 12.4. The number of hydrogen-bond donors (Lipinski definition) is 0. The van der Waals surface area contributed by atoms with E-state index in [-0.39, 0.29) is 6.04 Å². The van der Waals surface area contributed by atoms with Gasteiger partial charge in [0.1, 0.15) is 0 Å². The molecule has 1 fully saturated rings. The minimum Gasteiger partial charge on any atom is -0.285 e. The van der Waals surface area contributed by atoms with Crippen molar-refractivity contribution in [3.8, 4) is 6.07 Å². The highest BCUT2D eigenvalue weighted by atomic mass is 32.2. The van der Waals surface area contributed by atoms with Gasteiger partial charge in [0.25, 0.3) is 10.0 Å². The van der Waals surface area contributed by atoms with Gasteiger partial charge in [0, 0.05) is 26.2 Å². The van der Waals surface area contributed by atoms with Gasteiger partial charge in [0.15, 0.2) is 4.21 Å². The number of aryl methyl sites for hydroxylation is 1. The fraction of sp³-hybridized carbons (Fsp3) is 0.667. The molecule has 1 aliphatic heterocycles. The third-order valence-corrected chi connectivity index (χ3v) is 6.69. The van der Waals surface area contributed by atoms with E-state index in [1.54, 1.807) is 6.92 Å². The first-order valence-corrected chi connectivity index (χ1v) is 8.81. The minimum absolute atomic E-state index is 0.120. The number of piperazine rings is 1. The summed E-state index contributed by atoms with van der Waals surface area (Å²) in [5, 5.41) is 9.80. The summed E-state index contributed by atoms with van der Waals surface area (Å²) in [5.74, 6) is 0. The molecule has 0 N–H and O–H groups in total. The molecular weight excluding hydrogens is 296 g/mol. The summed E-state index contributed by atoms with van der Waals surface area (Å²) in [6, 6.07) is 2.14. The van der Waals surface area contributed by atoms with E-state index in [1.165, 1.54) is 21.8 Å². The fourth-order valence-electron chi connectivity index (χ4n) is 2.28. The lowest BCUT2D eigenvalue weighted by atomic mass is 10.2. The summed E-state index contributed by atoms with van der Waals surface area (Å²) < 4.78 is 26.6. The SMILES string of the molecule is CCC(C#N)N1CCN(S(=O)(=O)c2cnc(C)s2)CC1. The lowest BCUT2D eigenvalue weighted by molar-refractivity contribution is 0.159. The summed E-state index contributed by atoms with van der Waals surface area (Å²) in [5.41, 5.74) is 0. The Hall–Kier alpha value is -1.01. The first-order chi connectivity index (χ1) is 9.48. The molecule has 20 heavy (non-hydrogen) atoms. The third kappa shape index (κ3) is 3.01. The van der Waals surface area contributed by atoms with Gasteiger partial charge in [-0.25, -0.2) is 13.4 Å². The topological polar surface area (TPSA) is 77.3 Å². The Morgan fingerprint density at radius 1 is 1.45 bits per heavy atom. The van der Waals surface area contributed by atoms with E-state index in [9.17, 15) is 8.42 Å². The van der Waals surface area contributed by atoms with E-state index in [0.29, 0.717) is 30.4 Å². The maximum Gasteiger partial charge on any atom is 0.254 e. The number of aromatic nitrogens is 1. The van der Waals surface area contributed by atoms with Gasteiger partial charge in [-0.05, 0) is 13.3 Å². The molecule has 1 unspecified atom stereocenters. The van der Waals surface area contributed by atoms with Crippen LogP contribution in [0.2, 0.25) is 0 Å². The molecule has 110 valence electrons. The predicted molar refractivity (Wildman–Crippen MR) is 76.9 cm³/mol. The zero-order valence-corrected chi connectivity index (χ0v) is 13.2.